The van der Waals surface area contributed by atoms with Crippen LogP contribution in [0.3, 0.4) is 0 Å². The van der Waals surface area contributed by atoms with Gasteiger partial charge in [-0.1, -0.05) is 12.2 Å². The molecule has 2 heterocycles. The van der Waals surface area contributed by atoms with Crippen LogP contribution in [0.15, 0.2) is 12.2 Å². The van der Waals surface area contributed by atoms with Crippen molar-refractivity contribution >= 4 is 0 Å². The number of likely N-dealkylation sites (tertiary alicyclic amines) is 1. The molecule has 2 N–H and O–H groups in total. The van der Waals surface area contributed by atoms with Gasteiger partial charge in [0.1, 0.15) is 0 Å². The van der Waals surface area contributed by atoms with Crippen molar-refractivity contribution in [2.75, 3.05) is 32.8 Å². The van der Waals surface area contributed by atoms with Crippen LogP contribution >= 0.6 is 0 Å². The molecular weight excluding hydrogens is 176 g/mol. The Labute approximate surface area is 85.9 Å². The van der Waals surface area contributed by atoms with Gasteiger partial charge in [0.25, 0.3) is 0 Å². The predicted octanol–water partition coefficient (Wildman–Crippen LogP) is 0.756. The van der Waals surface area contributed by atoms with Crippen LogP contribution in [0.4, 0.5) is 0 Å². The maximum atomic E-state index is 5.53. The van der Waals surface area contributed by atoms with Crippen molar-refractivity contribution < 1.29 is 4.74 Å². The van der Waals surface area contributed by atoms with Crippen molar-refractivity contribution in [3.8, 4) is 0 Å². The largest absolute Gasteiger partial charge is 0.379 e. The van der Waals surface area contributed by atoms with Crippen molar-refractivity contribution in [3.05, 3.63) is 12.2 Å². The SMILES string of the molecule is NC/C=C/CN1CCCC12CCOC2. The maximum Gasteiger partial charge on any atom is 0.0651 e. The van der Waals surface area contributed by atoms with Crippen LogP contribution in [0.25, 0.3) is 0 Å². The quantitative estimate of drug-likeness (QED) is 0.677. The van der Waals surface area contributed by atoms with E-state index in [1.165, 1.54) is 25.8 Å². The first kappa shape index (κ1) is 10.1. The molecule has 3 heteroatoms. The molecule has 0 amide bonds. The fourth-order valence-electron chi connectivity index (χ4n) is 2.62. The minimum absolute atomic E-state index is 0.374. The molecular formula is C11H20N2O. The van der Waals surface area contributed by atoms with E-state index < -0.39 is 0 Å². The number of nitrogens with two attached hydrogens (primary N) is 1. The highest BCUT2D eigenvalue weighted by Gasteiger charge is 2.43. The van der Waals surface area contributed by atoms with E-state index in [0.29, 0.717) is 12.1 Å². The summed E-state index contributed by atoms with van der Waals surface area (Å²) in [6.07, 6.45) is 8.07. The summed E-state index contributed by atoms with van der Waals surface area (Å²) >= 11 is 0. The molecule has 0 bridgehead atoms. The van der Waals surface area contributed by atoms with E-state index in [-0.39, 0.29) is 0 Å². The molecule has 0 aromatic rings. The van der Waals surface area contributed by atoms with Gasteiger partial charge in [0.2, 0.25) is 0 Å². The van der Waals surface area contributed by atoms with Crippen molar-refractivity contribution in [1.29, 1.82) is 0 Å². The van der Waals surface area contributed by atoms with E-state index in [1.807, 2.05) is 6.08 Å². The normalized spacial score (nSPS) is 33.8. The molecule has 1 spiro atoms. The summed E-state index contributed by atoms with van der Waals surface area (Å²) in [6.45, 7) is 4.79. The lowest BCUT2D eigenvalue weighted by Gasteiger charge is -2.32. The van der Waals surface area contributed by atoms with Gasteiger partial charge < -0.3 is 10.5 Å². The highest BCUT2D eigenvalue weighted by molar-refractivity contribution is 5.01. The van der Waals surface area contributed by atoms with Gasteiger partial charge in [0.05, 0.1) is 6.61 Å². The molecule has 0 aliphatic carbocycles. The molecule has 2 aliphatic rings. The predicted molar refractivity (Wildman–Crippen MR) is 57.2 cm³/mol. The average molecular weight is 196 g/mol. The van der Waals surface area contributed by atoms with E-state index in [1.54, 1.807) is 0 Å². The third-order valence-electron chi connectivity index (χ3n) is 3.45. The second kappa shape index (κ2) is 4.43. The van der Waals surface area contributed by atoms with E-state index in [4.69, 9.17) is 10.5 Å². The Morgan fingerprint density at radius 3 is 3.00 bits per heavy atom. The molecule has 80 valence electrons. The first-order valence-electron chi connectivity index (χ1n) is 5.55. The second-order valence-electron chi connectivity index (χ2n) is 4.28. The Morgan fingerprint density at radius 1 is 1.36 bits per heavy atom. The highest BCUT2D eigenvalue weighted by Crippen LogP contribution is 2.35. The van der Waals surface area contributed by atoms with Gasteiger partial charge in [-0.05, 0) is 25.8 Å². The third kappa shape index (κ3) is 1.85. The molecule has 2 aliphatic heterocycles. The Bertz CT molecular complexity index is 204. The average Bonchev–Trinajstić information content (AvgIpc) is 2.80. The Morgan fingerprint density at radius 2 is 2.29 bits per heavy atom. The topological polar surface area (TPSA) is 38.5 Å². The van der Waals surface area contributed by atoms with Gasteiger partial charge in [-0.15, -0.1) is 0 Å². The van der Waals surface area contributed by atoms with Crippen LogP contribution in [-0.2, 0) is 4.74 Å². The fraction of sp³-hybridized carbons (Fsp3) is 0.818. The molecule has 0 aromatic heterocycles. The number of ether oxygens (including phenoxy) is 1. The smallest absolute Gasteiger partial charge is 0.0651 e. The van der Waals surface area contributed by atoms with Crippen LogP contribution < -0.4 is 5.73 Å². The third-order valence-corrected chi connectivity index (χ3v) is 3.45. The van der Waals surface area contributed by atoms with Crippen molar-refractivity contribution in [1.82, 2.24) is 4.90 Å². The molecule has 14 heavy (non-hydrogen) atoms. The van der Waals surface area contributed by atoms with Gasteiger partial charge in [-0.3, -0.25) is 4.90 Å². The van der Waals surface area contributed by atoms with Crippen LogP contribution in [0.5, 0.6) is 0 Å². The highest BCUT2D eigenvalue weighted by atomic mass is 16.5. The molecule has 2 fully saturated rings. The monoisotopic (exact) mass is 196 g/mol. The number of hydrogen-bond acceptors (Lipinski definition) is 3. The molecule has 1 atom stereocenters. The van der Waals surface area contributed by atoms with Crippen molar-refractivity contribution in [2.24, 2.45) is 5.73 Å². The Balaban J connectivity index is 1.93. The molecule has 0 saturated carbocycles. The van der Waals surface area contributed by atoms with Crippen LogP contribution in [0, 0.1) is 0 Å². The fourth-order valence-corrected chi connectivity index (χ4v) is 2.62. The zero-order valence-corrected chi connectivity index (χ0v) is 8.74. The molecule has 3 nitrogen and oxygen atoms in total. The summed E-state index contributed by atoms with van der Waals surface area (Å²) in [5.41, 5.74) is 5.80. The molecule has 0 aromatic carbocycles. The van der Waals surface area contributed by atoms with Crippen LogP contribution in [-0.4, -0.2) is 43.3 Å². The van der Waals surface area contributed by atoms with Gasteiger partial charge in [0, 0.05) is 25.2 Å². The van der Waals surface area contributed by atoms with E-state index in [0.717, 1.165) is 19.8 Å². The second-order valence-corrected chi connectivity index (χ2v) is 4.28. The van der Waals surface area contributed by atoms with Gasteiger partial charge in [-0.2, -0.15) is 0 Å². The minimum atomic E-state index is 0.374. The summed E-state index contributed by atoms with van der Waals surface area (Å²) < 4.78 is 5.53. The standard InChI is InChI=1S/C11H20N2O/c12-6-1-2-7-13-8-3-4-11(13)5-9-14-10-11/h1-2H,3-10,12H2/b2-1+. The van der Waals surface area contributed by atoms with Gasteiger partial charge >= 0.3 is 0 Å². The van der Waals surface area contributed by atoms with Crippen LogP contribution in [0.1, 0.15) is 19.3 Å². The summed E-state index contributed by atoms with van der Waals surface area (Å²) in [6, 6.07) is 0. The van der Waals surface area contributed by atoms with E-state index >= 15 is 0 Å². The van der Waals surface area contributed by atoms with Crippen molar-refractivity contribution in [3.63, 3.8) is 0 Å². The van der Waals surface area contributed by atoms with Crippen molar-refractivity contribution in [2.45, 2.75) is 24.8 Å². The van der Waals surface area contributed by atoms with E-state index in [9.17, 15) is 0 Å². The molecule has 0 radical (unpaired) electrons. The first-order chi connectivity index (χ1) is 6.87. The lowest BCUT2D eigenvalue weighted by Crippen LogP contribution is -2.44. The summed E-state index contributed by atoms with van der Waals surface area (Å²) in [4.78, 5) is 2.56. The molecule has 2 rings (SSSR count). The van der Waals surface area contributed by atoms with Crippen LogP contribution in [0.2, 0.25) is 0 Å². The lowest BCUT2D eigenvalue weighted by atomic mass is 9.95. The van der Waals surface area contributed by atoms with Gasteiger partial charge in [0.15, 0.2) is 0 Å². The molecule has 1 unspecified atom stereocenters. The summed E-state index contributed by atoms with van der Waals surface area (Å²) in [5, 5.41) is 0. The number of rotatable bonds is 3. The summed E-state index contributed by atoms with van der Waals surface area (Å²) in [7, 11) is 0. The first-order valence-corrected chi connectivity index (χ1v) is 5.55. The number of nitrogens with zero attached hydrogens (tertiary/aromatic N) is 1. The Kier molecular flexibility index (Phi) is 3.21. The Hall–Kier alpha value is -0.380. The minimum Gasteiger partial charge on any atom is -0.379 e. The van der Waals surface area contributed by atoms with Gasteiger partial charge in [-0.25, -0.2) is 0 Å². The maximum absolute atomic E-state index is 5.53. The molecule has 2 saturated heterocycles. The lowest BCUT2D eigenvalue weighted by molar-refractivity contribution is 0.110. The zero-order valence-electron chi connectivity index (χ0n) is 8.74. The zero-order chi connectivity index (χ0) is 9.86. The van der Waals surface area contributed by atoms with E-state index in [2.05, 4.69) is 11.0 Å². The summed E-state index contributed by atoms with van der Waals surface area (Å²) in [5.74, 6) is 0. The number of hydrogen-bond donors (Lipinski definition) is 1.